The second kappa shape index (κ2) is 17.9. The van der Waals surface area contributed by atoms with E-state index in [1.165, 1.54) is 31.1 Å². The minimum Gasteiger partial charge on any atom is -0.480 e. The monoisotopic (exact) mass is 621 g/mol. The molecule has 236 valence electrons. The average Bonchev–Trinajstić information content (AvgIpc) is 3.06. The lowest BCUT2D eigenvalue weighted by Gasteiger charge is -2.39. The first-order chi connectivity index (χ1) is 21.5. The zero-order valence-electron chi connectivity index (χ0n) is 25.4. The van der Waals surface area contributed by atoms with E-state index < -0.39 is 5.97 Å². The summed E-state index contributed by atoms with van der Waals surface area (Å²) >= 11 is 6.08. The van der Waals surface area contributed by atoms with Crippen molar-refractivity contribution in [2.75, 3.05) is 59.6 Å². The van der Waals surface area contributed by atoms with E-state index in [1.807, 2.05) is 48.5 Å². The first-order valence-corrected chi connectivity index (χ1v) is 15.8. The third kappa shape index (κ3) is 10.1. The Labute approximate surface area is 265 Å². The predicted octanol–water partition coefficient (Wildman–Crippen LogP) is 5.23. The van der Waals surface area contributed by atoms with Gasteiger partial charge in [-0.1, -0.05) is 90.8 Å². The van der Waals surface area contributed by atoms with Gasteiger partial charge in [0.1, 0.15) is 6.61 Å². The summed E-state index contributed by atoms with van der Waals surface area (Å²) in [6, 6.07) is 28.9. The van der Waals surface area contributed by atoms with Crippen LogP contribution in [-0.2, 0) is 19.1 Å². The van der Waals surface area contributed by atoms with Crippen LogP contribution in [0.2, 0.25) is 5.02 Å². The number of esters is 1. The van der Waals surface area contributed by atoms with Crippen molar-refractivity contribution < 1.29 is 24.2 Å². The van der Waals surface area contributed by atoms with Crippen molar-refractivity contribution in [2.45, 2.75) is 37.3 Å². The first-order valence-electron chi connectivity index (χ1n) is 15.4. The number of piperidine rings is 1. The van der Waals surface area contributed by atoms with Crippen LogP contribution in [0.1, 0.15) is 47.9 Å². The number of aliphatic carboxylic acids is 1. The maximum absolute atomic E-state index is 11.9. The third-order valence-corrected chi connectivity index (χ3v) is 8.47. The van der Waals surface area contributed by atoms with Gasteiger partial charge in [0.2, 0.25) is 0 Å². The van der Waals surface area contributed by atoms with Gasteiger partial charge in [-0.2, -0.15) is 0 Å². The van der Waals surface area contributed by atoms with Crippen molar-refractivity contribution in [1.82, 2.24) is 15.1 Å². The number of nitrogens with one attached hydrogen (secondary N) is 1. The van der Waals surface area contributed by atoms with Gasteiger partial charge < -0.3 is 19.9 Å². The highest BCUT2D eigenvalue weighted by Gasteiger charge is 2.31. The van der Waals surface area contributed by atoms with Gasteiger partial charge in [-0.3, -0.25) is 14.6 Å². The van der Waals surface area contributed by atoms with Gasteiger partial charge in [0.15, 0.2) is 0 Å². The van der Waals surface area contributed by atoms with Crippen molar-refractivity contribution in [3.8, 4) is 0 Å². The number of carbonyl (C=O) groups excluding carboxylic acids is 1. The summed E-state index contributed by atoms with van der Waals surface area (Å²) in [7, 11) is 1.46. The number of piperazine rings is 1. The lowest BCUT2D eigenvalue weighted by atomic mass is 9.86. The number of carboxylic acid groups (broad SMARTS) is 1. The van der Waals surface area contributed by atoms with Crippen molar-refractivity contribution >= 4 is 23.5 Å². The highest BCUT2D eigenvalue weighted by atomic mass is 35.5. The van der Waals surface area contributed by atoms with Crippen molar-refractivity contribution in [3.05, 3.63) is 107 Å². The molecule has 0 aromatic heterocycles. The van der Waals surface area contributed by atoms with E-state index >= 15 is 0 Å². The smallest absolute Gasteiger partial charge is 0.329 e. The van der Waals surface area contributed by atoms with Crippen LogP contribution in [0.4, 0.5) is 0 Å². The molecular formula is C35H44ClN3O5. The number of methoxy groups -OCH3 is 1. The minimum atomic E-state index is -0.923. The average molecular weight is 622 g/mol. The van der Waals surface area contributed by atoms with Crippen LogP contribution in [0, 0.1) is 0 Å². The number of halogens is 1. The van der Waals surface area contributed by atoms with E-state index in [-0.39, 0.29) is 30.6 Å². The molecule has 3 unspecified atom stereocenters. The van der Waals surface area contributed by atoms with Crippen molar-refractivity contribution in [1.29, 1.82) is 0 Å². The molecule has 0 bridgehead atoms. The topological polar surface area (TPSA) is 91.3 Å². The molecule has 0 saturated carbocycles. The van der Waals surface area contributed by atoms with Gasteiger partial charge in [0.05, 0.1) is 25.7 Å². The van der Waals surface area contributed by atoms with E-state index in [0.717, 1.165) is 56.3 Å². The quantitative estimate of drug-likeness (QED) is 0.222. The number of nitrogens with zero attached hydrogens (tertiary/aromatic N) is 2. The van der Waals surface area contributed by atoms with Gasteiger partial charge in [0, 0.05) is 43.8 Å². The normalized spacial score (nSPS) is 18.8. The summed E-state index contributed by atoms with van der Waals surface area (Å²) in [5.74, 6) is -1.24. The molecule has 3 aromatic carbocycles. The number of carboxylic acids is 1. The molecule has 0 aliphatic carbocycles. The van der Waals surface area contributed by atoms with Crippen LogP contribution in [0.5, 0.6) is 0 Å². The maximum Gasteiger partial charge on any atom is 0.329 e. The number of hydrogen-bond acceptors (Lipinski definition) is 7. The largest absolute Gasteiger partial charge is 0.480 e. The van der Waals surface area contributed by atoms with E-state index in [4.69, 9.17) is 26.2 Å². The first kappa shape index (κ1) is 33.6. The molecule has 2 fully saturated rings. The number of hydrogen-bond donors (Lipinski definition) is 2. The molecule has 2 N–H and O–H groups in total. The van der Waals surface area contributed by atoms with Crippen LogP contribution >= 0.6 is 11.6 Å². The zero-order valence-corrected chi connectivity index (χ0v) is 26.2. The number of benzene rings is 3. The van der Waals surface area contributed by atoms with Gasteiger partial charge >= 0.3 is 11.9 Å². The van der Waals surface area contributed by atoms with Crippen LogP contribution in [0.25, 0.3) is 0 Å². The number of ether oxygens (including phenoxy) is 2. The SMILES string of the molecule is COC(=O)C(c1ccccc1)C1CCCCN1.O=C(O)COCCN1CCN(C(c2ccccc2)c2ccc(Cl)cc2)CC1. The molecule has 3 atom stereocenters. The third-order valence-electron chi connectivity index (χ3n) is 8.22. The molecule has 8 nitrogen and oxygen atoms in total. The fourth-order valence-corrected chi connectivity index (χ4v) is 6.10. The van der Waals surface area contributed by atoms with Crippen LogP contribution in [-0.4, -0.2) is 92.5 Å². The van der Waals surface area contributed by atoms with Gasteiger partial charge in [0.25, 0.3) is 0 Å². The van der Waals surface area contributed by atoms with E-state index in [1.54, 1.807) is 0 Å². The maximum atomic E-state index is 11.9. The van der Waals surface area contributed by atoms with E-state index in [0.29, 0.717) is 6.61 Å². The van der Waals surface area contributed by atoms with Crippen LogP contribution in [0.15, 0.2) is 84.9 Å². The summed E-state index contributed by atoms with van der Waals surface area (Å²) < 4.78 is 10.1. The second-order valence-electron chi connectivity index (χ2n) is 11.2. The zero-order chi connectivity index (χ0) is 31.1. The lowest BCUT2D eigenvalue weighted by molar-refractivity contribution is -0.143. The van der Waals surface area contributed by atoms with Crippen LogP contribution < -0.4 is 5.32 Å². The van der Waals surface area contributed by atoms with Crippen LogP contribution in [0.3, 0.4) is 0 Å². The molecule has 5 rings (SSSR count). The molecule has 44 heavy (non-hydrogen) atoms. The van der Waals surface area contributed by atoms with Crippen molar-refractivity contribution in [3.63, 3.8) is 0 Å². The Morgan fingerprint density at radius 3 is 2.07 bits per heavy atom. The molecule has 0 radical (unpaired) electrons. The van der Waals surface area contributed by atoms with E-state index in [9.17, 15) is 9.59 Å². The predicted molar refractivity (Wildman–Crippen MR) is 173 cm³/mol. The Bertz CT molecular complexity index is 1260. The van der Waals surface area contributed by atoms with Gasteiger partial charge in [-0.15, -0.1) is 0 Å². The van der Waals surface area contributed by atoms with Gasteiger partial charge in [-0.05, 0) is 48.2 Å². The van der Waals surface area contributed by atoms with E-state index in [2.05, 4.69) is 51.5 Å². The second-order valence-corrected chi connectivity index (χ2v) is 11.6. The molecule has 2 aliphatic rings. The fraction of sp³-hybridized carbons (Fsp3) is 0.429. The Balaban J connectivity index is 0.000000223. The Kier molecular flexibility index (Phi) is 13.7. The lowest BCUT2D eigenvalue weighted by Crippen LogP contribution is -2.48. The molecule has 3 aromatic rings. The molecule has 2 aliphatic heterocycles. The number of rotatable bonds is 11. The highest BCUT2D eigenvalue weighted by Crippen LogP contribution is 2.30. The molecule has 2 saturated heterocycles. The molecule has 0 amide bonds. The molecular weight excluding hydrogens is 578 g/mol. The fourth-order valence-electron chi connectivity index (χ4n) is 5.98. The Morgan fingerprint density at radius 2 is 1.50 bits per heavy atom. The minimum absolute atomic E-state index is 0.143. The number of carbonyl (C=O) groups is 2. The summed E-state index contributed by atoms with van der Waals surface area (Å²) in [4.78, 5) is 27.3. The summed E-state index contributed by atoms with van der Waals surface area (Å²) in [5.41, 5.74) is 3.56. The molecule has 9 heteroatoms. The summed E-state index contributed by atoms with van der Waals surface area (Å²) in [6.45, 7) is 5.74. The standard InChI is InChI=1S/C21H25ClN2O3.C14H19NO2/c22-19-8-6-18(7-9-19)21(17-4-2-1-3-5-17)24-12-10-23(11-13-24)14-15-27-16-20(25)26;1-17-14(16)13(11-7-3-2-4-8-11)12-9-5-6-10-15-12/h1-9,21H,10-16H2,(H,25,26);2-4,7-8,12-13,15H,5-6,9-10H2,1H3. The van der Waals surface area contributed by atoms with Gasteiger partial charge in [-0.25, -0.2) is 4.79 Å². The summed E-state index contributed by atoms with van der Waals surface area (Å²) in [6.07, 6.45) is 3.41. The molecule has 0 spiro atoms. The van der Waals surface area contributed by atoms with Crippen molar-refractivity contribution in [2.24, 2.45) is 0 Å². The Hall–Kier alpha value is -3.27. The summed E-state index contributed by atoms with van der Waals surface area (Å²) in [5, 5.41) is 12.8. The Morgan fingerprint density at radius 1 is 0.886 bits per heavy atom. The molecule has 2 heterocycles. The highest BCUT2D eigenvalue weighted by molar-refractivity contribution is 6.30.